The number of guanidine groups is 1. The largest absolute Gasteiger partial charge is 0.459 e. The Labute approximate surface area is 203 Å². The van der Waals surface area contributed by atoms with Crippen LogP contribution in [0.2, 0.25) is 0 Å². The number of hydrogen-bond donors (Lipinski definition) is 3. The number of benzene rings is 1. The van der Waals surface area contributed by atoms with Crippen LogP contribution in [-0.2, 0) is 6.54 Å². The van der Waals surface area contributed by atoms with Gasteiger partial charge in [0, 0.05) is 44.5 Å². The lowest BCUT2D eigenvalue weighted by Gasteiger charge is -2.30. The van der Waals surface area contributed by atoms with E-state index in [4.69, 9.17) is 4.42 Å². The number of carbonyl (C=O) groups is 1. The fourth-order valence-electron chi connectivity index (χ4n) is 3.29. The molecule has 0 bridgehead atoms. The number of carbonyl (C=O) groups excluding carboxylic acids is 1. The van der Waals surface area contributed by atoms with Crippen LogP contribution in [0.5, 0.6) is 0 Å². The van der Waals surface area contributed by atoms with Crippen molar-refractivity contribution in [2.75, 3.05) is 25.5 Å². The molecular formula is C23H36IN5O2. The summed E-state index contributed by atoms with van der Waals surface area (Å²) in [6.45, 7) is 11.5. The number of nitrogens with one attached hydrogen (secondary N) is 3. The van der Waals surface area contributed by atoms with E-state index in [1.54, 1.807) is 19.2 Å². The molecule has 0 unspecified atom stereocenters. The van der Waals surface area contributed by atoms with Crippen molar-refractivity contribution in [1.82, 2.24) is 15.5 Å². The summed E-state index contributed by atoms with van der Waals surface area (Å²) in [7, 11) is 1.77. The molecule has 8 heteroatoms. The Morgan fingerprint density at radius 1 is 1.06 bits per heavy atom. The molecule has 172 valence electrons. The Bertz CT molecular complexity index is 781. The number of furan rings is 1. The molecular weight excluding hydrogens is 505 g/mol. The minimum atomic E-state index is -0.260. The molecule has 1 aromatic carbocycles. The Morgan fingerprint density at radius 3 is 2.29 bits per heavy atom. The zero-order chi connectivity index (χ0) is 21.9. The normalized spacial score (nSPS) is 11.5. The molecule has 0 radical (unpaired) electrons. The van der Waals surface area contributed by atoms with Crippen LogP contribution in [0.3, 0.4) is 0 Å². The predicted molar refractivity (Wildman–Crippen MR) is 138 cm³/mol. The van der Waals surface area contributed by atoms with Gasteiger partial charge in [0.25, 0.3) is 5.91 Å². The van der Waals surface area contributed by atoms with Gasteiger partial charge < -0.3 is 20.4 Å². The van der Waals surface area contributed by atoms with E-state index >= 15 is 0 Å². The predicted octanol–water partition coefficient (Wildman–Crippen LogP) is 4.32. The summed E-state index contributed by atoms with van der Waals surface area (Å²) < 4.78 is 5.10. The second kappa shape index (κ2) is 14.1. The fourth-order valence-corrected chi connectivity index (χ4v) is 3.29. The molecule has 0 fully saturated rings. The molecule has 1 heterocycles. The van der Waals surface area contributed by atoms with Crippen LogP contribution in [0.4, 0.5) is 5.69 Å². The lowest BCUT2D eigenvalue weighted by Crippen LogP contribution is -2.41. The maximum Gasteiger partial charge on any atom is 0.291 e. The van der Waals surface area contributed by atoms with Crippen LogP contribution in [0.1, 0.15) is 50.2 Å². The number of amides is 1. The van der Waals surface area contributed by atoms with Gasteiger partial charge in [-0.2, -0.15) is 0 Å². The highest BCUT2D eigenvalue weighted by molar-refractivity contribution is 14.0. The summed E-state index contributed by atoms with van der Waals surface area (Å²) in [5.41, 5.74) is 1.82. The molecule has 0 aliphatic heterocycles. The van der Waals surface area contributed by atoms with Crippen LogP contribution in [0.25, 0.3) is 0 Å². The summed E-state index contributed by atoms with van der Waals surface area (Å²) in [6, 6.07) is 12.1. The number of hydrogen-bond acceptors (Lipinski definition) is 4. The minimum absolute atomic E-state index is 0. The van der Waals surface area contributed by atoms with Crippen LogP contribution >= 0.6 is 24.0 Å². The maximum atomic E-state index is 12.0. The van der Waals surface area contributed by atoms with E-state index < -0.39 is 0 Å². The van der Waals surface area contributed by atoms with Crippen molar-refractivity contribution >= 4 is 41.5 Å². The smallest absolute Gasteiger partial charge is 0.291 e. The van der Waals surface area contributed by atoms with Gasteiger partial charge in [0.15, 0.2) is 11.7 Å². The second-order valence-electron chi connectivity index (χ2n) is 7.76. The number of nitrogens with zero attached hydrogens (tertiary/aromatic N) is 2. The van der Waals surface area contributed by atoms with Gasteiger partial charge >= 0.3 is 0 Å². The standard InChI is InChI=1S/C23H35N5O2.HI/c1-17(2)28(18(3)4)14-7-13-25-23(24-5)26-16-19-9-11-20(12-10-19)27-22(29)21-8-6-15-30-21;/h6,8-12,15,17-18H,7,13-14,16H2,1-5H3,(H,27,29)(H2,24,25,26);1H. The van der Waals surface area contributed by atoms with Crippen molar-refractivity contribution < 1.29 is 9.21 Å². The van der Waals surface area contributed by atoms with Gasteiger partial charge in [0.1, 0.15) is 0 Å². The van der Waals surface area contributed by atoms with Gasteiger partial charge in [0.2, 0.25) is 0 Å². The van der Waals surface area contributed by atoms with Crippen LogP contribution in [0.15, 0.2) is 52.1 Å². The molecule has 0 saturated heterocycles. The van der Waals surface area contributed by atoms with Crippen molar-refractivity contribution in [3.8, 4) is 0 Å². The van der Waals surface area contributed by atoms with Gasteiger partial charge in [-0.15, -0.1) is 24.0 Å². The zero-order valence-corrected chi connectivity index (χ0v) is 21.5. The molecule has 31 heavy (non-hydrogen) atoms. The summed E-state index contributed by atoms with van der Waals surface area (Å²) in [4.78, 5) is 18.8. The van der Waals surface area contributed by atoms with E-state index in [0.717, 1.165) is 36.7 Å². The number of aliphatic imine (C=N–C) groups is 1. The molecule has 7 nitrogen and oxygen atoms in total. The summed E-state index contributed by atoms with van der Waals surface area (Å²) in [5.74, 6) is 0.815. The third-order valence-corrected chi connectivity index (χ3v) is 4.85. The molecule has 3 N–H and O–H groups in total. The average molecular weight is 541 g/mol. The average Bonchev–Trinajstić information content (AvgIpc) is 3.25. The molecule has 1 amide bonds. The number of anilines is 1. The molecule has 0 saturated carbocycles. The highest BCUT2D eigenvalue weighted by Gasteiger charge is 2.12. The van der Waals surface area contributed by atoms with E-state index in [2.05, 4.69) is 53.5 Å². The highest BCUT2D eigenvalue weighted by atomic mass is 127. The number of halogens is 1. The summed E-state index contributed by atoms with van der Waals surface area (Å²) in [5, 5.41) is 9.51. The molecule has 0 aliphatic rings. The SMILES string of the molecule is CN=C(NCCCN(C(C)C)C(C)C)NCc1ccc(NC(=O)c2ccco2)cc1.I. The van der Waals surface area contributed by atoms with Crippen LogP contribution < -0.4 is 16.0 Å². The van der Waals surface area contributed by atoms with E-state index in [1.807, 2.05) is 24.3 Å². The van der Waals surface area contributed by atoms with E-state index in [9.17, 15) is 4.79 Å². The van der Waals surface area contributed by atoms with Crippen molar-refractivity contribution in [3.05, 3.63) is 54.0 Å². The zero-order valence-electron chi connectivity index (χ0n) is 19.1. The fraction of sp³-hybridized carbons (Fsp3) is 0.478. The number of rotatable bonds is 10. The topological polar surface area (TPSA) is 81.9 Å². The first-order valence-electron chi connectivity index (χ1n) is 10.5. The third-order valence-electron chi connectivity index (χ3n) is 4.85. The van der Waals surface area contributed by atoms with Gasteiger partial charge in [-0.25, -0.2) is 0 Å². The monoisotopic (exact) mass is 541 g/mol. The van der Waals surface area contributed by atoms with E-state index in [1.165, 1.54) is 6.26 Å². The summed E-state index contributed by atoms with van der Waals surface area (Å²) >= 11 is 0. The van der Waals surface area contributed by atoms with Gasteiger partial charge in [-0.1, -0.05) is 12.1 Å². The first-order chi connectivity index (χ1) is 14.4. The quantitative estimate of drug-likeness (QED) is 0.181. The Hall–Kier alpha value is -2.07. The third kappa shape index (κ3) is 9.30. The van der Waals surface area contributed by atoms with Crippen molar-refractivity contribution in [2.24, 2.45) is 4.99 Å². The lowest BCUT2D eigenvalue weighted by molar-refractivity contribution is 0.0996. The summed E-state index contributed by atoms with van der Waals surface area (Å²) in [6.07, 6.45) is 2.54. The molecule has 2 aromatic rings. The molecule has 2 rings (SSSR count). The van der Waals surface area contributed by atoms with E-state index in [-0.39, 0.29) is 29.9 Å². The Kier molecular flexibility index (Phi) is 12.2. The van der Waals surface area contributed by atoms with Crippen molar-refractivity contribution in [3.63, 3.8) is 0 Å². The molecule has 0 spiro atoms. The molecule has 1 aromatic heterocycles. The van der Waals surface area contributed by atoms with Gasteiger partial charge in [0.05, 0.1) is 6.26 Å². The maximum absolute atomic E-state index is 12.0. The minimum Gasteiger partial charge on any atom is -0.459 e. The molecule has 0 atom stereocenters. The molecule has 0 aliphatic carbocycles. The van der Waals surface area contributed by atoms with E-state index in [0.29, 0.717) is 24.4 Å². The Balaban J connectivity index is 0.00000480. The van der Waals surface area contributed by atoms with Crippen LogP contribution in [-0.4, -0.2) is 49.0 Å². The van der Waals surface area contributed by atoms with Crippen molar-refractivity contribution in [2.45, 2.75) is 52.7 Å². The first-order valence-corrected chi connectivity index (χ1v) is 10.5. The second-order valence-corrected chi connectivity index (χ2v) is 7.76. The Morgan fingerprint density at radius 2 is 1.74 bits per heavy atom. The van der Waals surface area contributed by atoms with Gasteiger partial charge in [-0.05, 0) is 63.9 Å². The van der Waals surface area contributed by atoms with Crippen LogP contribution in [0, 0.1) is 0 Å². The highest BCUT2D eigenvalue weighted by Crippen LogP contribution is 2.12. The lowest BCUT2D eigenvalue weighted by atomic mass is 10.2. The van der Waals surface area contributed by atoms with Crippen molar-refractivity contribution in [1.29, 1.82) is 0 Å². The van der Waals surface area contributed by atoms with Gasteiger partial charge in [-0.3, -0.25) is 14.7 Å². The first kappa shape index (κ1) is 27.0.